The van der Waals surface area contributed by atoms with Gasteiger partial charge in [0, 0.05) is 25.9 Å². The molecule has 0 N–H and O–H groups in total. The number of hydrogen-bond acceptors (Lipinski definition) is 4. The van der Waals surface area contributed by atoms with Crippen LogP contribution in [0.5, 0.6) is 0 Å². The predicted octanol–water partition coefficient (Wildman–Crippen LogP) is 3.01. The zero-order valence-corrected chi connectivity index (χ0v) is 14.2. The number of nitro groups is 1. The summed E-state index contributed by atoms with van der Waals surface area (Å²) in [4.78, 5) is 34.1. The molecule has 0 atom stereocenters. The van der Waals surface area contributed by atoms with E-state index in [1.165, 1.54) is 6.20 Å². The van der Waals surface area contributed by atoms with Crippen LogP contribution in [0.25, 0.3) is 0 Å². The van der Waals surface area contributed by atoms with Gasteiger partial charge in [-0.25, -0.2) is 0 Å². The molecule has 8 heteroatoms. The molecule has 0 aliphatic rings. The van der Waals surface area contributed by atoms with Crippen molar-refractivity contribution in [3.05, 3.63) is 70.6 Å². The van der Waals surface area contributed by atoms with E-state index in [4.69, 9.17) is 0 Å². The summed E-state index contributed by atoms with van der Waals surface area (Å²) in [6.07, 6.45) is 1.36. The number of halogens is 2. The zero-order chi connectivity index (χ0) is 15.6. The van der Waals surface area contributed by atoms with Gasteiger partial charge in [0.05, 0.1) is 11.5 Å². The fourth-order valence-electron chi connectivity index (χ4n) is 1.71. The van der Waals surface area contributed by atoms with Gasteiger partial charge in [0.1, 0.15) is 0 Å². The first-order chi connectivity index (χ1) is 9.88. The van der Waals surface area contributed by atoms with Gasteiger partial charge in [0.15, 0.2) is 5.78 Å². The minimum atomic E-state index is -0.804. The molecule has 0 saturated carbocycles. The van der Waals surface area contributed by atoms with E-state index < -0.39 is 16.2 Å². The number of carbonyl (C=O) groups is 1. The highest BCUT2D eigenvalue weighted by atomic mass is 127. The maximum atomic E-state index is 12.1. The molecule has 2 aromatic rings. The second-order valence-electron chi connectivity index (χ2n) is 4.16. The number of ketones is 1. The average Bonchev–Trinajstić information content (AvgIpc) is 2.42. The fraction of sp³-hybridized carbons (Fsp3) is 0.0769. The number of Topliss-reactive ketones (excluding diaryl/α,β-unsaturated/α-hetero) is 1. The van der Waals surface area contributed by atoms with E-state index in [0.29, 0.717) is 10.0 Å². The van der Waals surface area contributed by atoms with Crippen LogP contribution in [0.2, 0.25) is 0 Å². The van der Waals surface area contributed by atoms with Crippen LogP contribution >= 0.6 is 38.5 Å². The highest BCUT2D eigenvalue weighted by molar-refractivity contribution is 14.1. The van der Waals surface area contributed by atoms with Crippen molar-refractivity contribution in [2.24, 2.45) is 0 Å². The van der Waals surface area contributed by atoms with Crippen LogP contribution in [0, 0.1) is 13.7 Å². The van der Waals surface area contributed by atoms with Crippen molar-refractivity contribution in [2.75, 3.05) is 0 Å². The predicted molar refractivity (Wildman–Crippen MR) is 88.5 cm³/mol. The summed E-state index contributed by atoms with van der Waals surface area (Å²) >= 11 is 5.21. The summed E-state index contributed by atoms with van der Waals surface area (Å²) in [5, 5.41) is 10.8. The van der Waals surface area contributed by atoms with Crippen LogP contribution in [-0.4, -0.2) is 15.3 Å². The summed E-state index contributed by atoms with van der Waals surface area (Å²) in [6.45, 7) is -0.250. The molecule has 6 nitrogen and oxygen atoms in total. The molecular formula is C13H8BrIN2O4. The Kier molecular flexibility index (Phi) is 4.88. The van der Waals surface area contributed by atoms with Crippen LogP contribution in [0.15, 0.2) is 45.8 Å². The van der Waals surface area contributed by atoms with E-state index in [1.54, 1.807) is 24.3 Å². The molecule has 0 spiro atoms. The van der Waals surface area contributed by atoms with Gasteiger partial charge in [-0.1, -0.05) is 12.1 Å². The van der Waals surface area contributed by atoms with Crippen LogP contribution in [0.4, 0.5) is 5.69 Å². The van der Waals surface area contributed by atoms with Gasteiger partial charge in [-0.2, -0.15) is 0 Å². The molecule has 0 amide bonds. The van der Waals surface area contributed by atoms with Gasteiger partial charge in [-0.15, -0.1) is 0 Å². The standard InChI is InChI=1S/C13H8BrIN2O4/c14-9-5-11(17(20)21)13(19)16(6-9)7-12(18)8-1-3-10(15)4-2-8/h1-6H,7H2. The van der Waals surface area contributed by atoms with Gasteiger partial charge >= 0.3 is 11.2 Å². The molecule has 0 saturated heterocycles. The van der Waals surface area contributed by atoms with Crippen molar-refractivity contribution in [3.8, 4) is 0 Å². The van der Waals surface area contributed by atoms with Gasteiger partial charge in [0.25, 0.3) is 0 Å². The highest BCUT2D eigenvalue weighted by Gasteiger charge is 2.17. The third-order valence-electron chi connectivity index (χ3n) is 2.71. The van der Waals surface area contributed by atoms with Crippen molar-refractivity contribution in [1.82, 2.24) is 4.57 Å². The Balaban J connectivity index is 2.35. The second-order valence-corrected chi connectivity index (χ2v) is 6.33. The Labute approximate surface area is 141 Å². The van der Waals surface area contributed by atoms with Gasteiger partial charge in [0.2, 0.25) is 0 Å². The minimum absolute atomic E-state index is 0.250. The Morgan fingerprint density at radius 2 is 1.95 bits per heavy atom. The summed E-state index contributed by atoms with van der Waals surface area (Å²) in [7, 11) is 0. The van der Waals surface area contributed by atoms with E-state index in [0.717, 1.165) is 14.2 Å². The summed E-state index contributed by atoms with van der Waals surface area (Å²) in [6, 6.07) is 7.98. The largest absolute Gasteiger partial charge is 0.335 e. The first-order valence-corrected chi connectivity index (χ1v) is 7.59. The number of rotatable bonds is 4. The van der Waals surface area contributed by atoms with Gasteiger partial charge < -0.3 is 4.57 Å². The number of nitrogens with zero attached hydrogens (tertiary/aromatic N) is 2. The first-order valence-electron chi connectivity index (χ1n) is 5.71. The summed E-state index contributed by atoms with van der Waals surface area (Å²) in [5.41, 5.74) is -0.924. The zero-order valence-electron chi connectivity index (χ0n) is 10.5. The van der Waals surface area contributed by atoms with E-state index >= 15 is 0 Å². The molecule has 1 aromatic heterocycles. The summed E-state index contributed by atoms with van der Waals surface area (Å²) in [5.74, 6) is -0.291. The topological polar surface area (TPSA) is 82.2 Å². The van der Waals surface area contributed by atoms with E-state index in [1.807, 2.05) is 0 Å². The molecule has 0 aliphatic carbocycles. The third-order valence-corrected chi connectivity index (χ3v) is 3.86. The van der Waals surface area contributed by atoms with Crippen molar-refractivity contribution >= 4 is 50.0 Å². The lowest BCUT2D eigenvalue weighted by atomic mass is 10.1. The second kappa shape index (κ2) is 6.48. The van der Waals surface area contributed by atoms with E-state index in [9.17, 15) is 19.7 Å². The van der Waals surface area contributed by atoms with Crippen LogP contribution in [0.1, 0.15) is 10.4 Å². The van der Waals surface area contributed by atoms with Crippen molar-refractivity contribution < 1.29 is 9.72 Å². The fourth-order valence-corrected chi connectivity index (χ4v) is 2.54. The number of aromatic nitrogens is 1. The van der Waals surface area contributed by atoms with Crippen LogP contribution in [0.3, 0.4) is 0 Å². The van der Waals surface area contributed by atoms with Crippen LogP contribution < -0.4 is 5.56 Å². The lowest BCUT2D eigenvalue weighted by Gasteiger charge is -2.06. The molecule has 0 fully saturated rings. The maximum Gasteiger partial charge on any atom is 0.335 e. The highest BCUT2D eigenvalue weighted by Crippen LogP contribution is 2.14. The Morgan fingerprint density at radius 3 is 2.52 bits per heavy atom. The van der Waals surface area contributed by atoms with Crippen LogP contribution in [-0.2, 0) is 6.54 Å². The van der Waals surface area contributed by atoms with Gasteiger partial charge in [-0.05, 0) is 50.7 Å². The van der Waals surface area contributed by atoms with E-state index in [-0.39, 0.29) is 12.3 Å². The molecule has 1 heterocycles. The third kappa shape index (κ3) is 3.76. The monoisotopic (exact) mass is 462 g/mol. The molecule has 0 unspecified atom stereocenters. The molecular weight excluding hydrogens is 455 g/mol. The molecule has 1 aromatic carbocycles. The SMILES string of the molecule is O=C(Cn1cc(Br)cc([N+](=O)[O-])c1=O)c1ccc(I)cc1. The van der Waals surface area contributed by atoms with Crippen molar-refractivity contribution in [3.63, 3.8) is 0 Å². The Bertz CT molecular complexity index is 771. The number of hydrogen-bond donors (Lipinski definition) is 0. The molecule has 108 valence electrons. The van der Waals surface area contributed by atoms with Crippen molar-refractivity contribution in [1.29, 1.82) is 0 Å². The quantitative estimate of drug-likeness (QED) is 0.302. The molecule has 2 rings (SSSR count). The normalized spacial score (nSPS) is 10.4. The first kappa shape index (κ1) is 15.8. The molecule has 0 aliphatic heterocycles. The maximum absolute atomic E-state index is 12.1. The van der Waals surface area contributed by atoms with Gasteiger partial charge in [-0.3, -0.25) is 19.7 Å². The lowest BCUT2D eigenvalue weighted by Crippen LogP contribution is -2.25. The molecule has 0 radical (unpaired) electrons. The lowest BCUT2D eigenvalue weighted by molar-refractivity contribution is -0.386. The summed E-state index contributed by atoms with van der Waals surface area (Å²) < 4.78 is 2.38. The molecule has 0 bridgehead atoms. The molecule has 21 heavy (non-hydrogen) atoms. The number of pyridine rings is 1. The number of carbonyl (C=O) groups excluding carboxylic acids is 1. The Hall–Kier alpha value is -1.55. The van der Waals surface area contributed by atoms with Crippen molar-refractivity contribution in [2.45, 2.75) is 6.54 Å². The Morgan fingerprint density at radius 1 is 1.33 bits per heavy atom. The number of benzene rings is 1. The minimum Gasteiger partial charge on any atom is -0.301 e. The smallest absolute Gasteiger partial charge is 0.301 e. The average molecular weight is 463 g/mol. The van der Waals surface area contributed by atoms with E-state index in [2.05, 4.69) is 38.5 Å².